The Morgan fingerprint density at radius 2 is 1.00 bits per heavy atom. The zero-order chi connectivity index (χ0) is 47.9. The number of ether oxygens (including phenoxy) is 1. The average molecular weight is 879 g/mol. The van der Waals surface area contributed by atoms with Gasteiger partial charge in [-0.3, -0.25) is 4.57 Å². The minimum atomic E-state index is -0.189. The maximum atomic E-state index is 7.11. The first kappa shape index (κ1) is 46.7. The summed E-state index contributed by atoms with van der Waals surface area (Å²) < 4.78 is 9.44. The second kappa shape index (κ2) is 16.2. The van der Waals surface area contributed by atoms with Crippen molar-refractivity contribution in [1.29, 1.82) is 0 Å². The van der Waals surface area contributed by atoms with Crippen molar-refractivity contribution in [2.75, 3.05) is 16.5 Å². The molecule has 0 saturated carbocycles. The maximum Gasteiger partial charge on any atom is 0.137 e. The molecule has 1 aliphatic rings. The molecule has 66 heavy (non-hydrogen) atoms. The highest BCUT2D eigenvalue weighted by molar-refractivity contribution is 6.10. The molecule has 0 radical (unpaired) electrons. The van der Waals surface area contributed by atoms with Crippen molar-refractivity contribution in [1.82, 2.24) is 9.55 Å². The average Bonchev–Trinajstić information content (AvgIpc) is 3.81. The highest BCUT2D eigenvalue weighted by atomic mass is 16.5. The Labute approximate surface area is 396 Å². The molecule has 2 aromatic heterocycles. The molecular weight excluding hydrogens is 805 g/mol. The van der Waals surface area contributed by atoms with E-state index in [1.807, 2.05) is 6.20 Å². The van der Waals surface area contributed by atoms with Gasteiger partial charge in [-0.05, 0) is 105 Å². The van der Waals surface area contributed by atoms with E-state index in [1.54, 1.807) is 0 Å². The van der Waals surface area contributed by atoms with Crippen molar-refractivity contribution in [2.45, 2.75) is 139 Å². The smallest absolute Gasteiger partial charge is 0.137 e. The van der Waals surface area contributed by atoms with Gasteiger partial charge < -0.3 is 14.5 Å². The molecule has 7 aromatic rings. The Morgan fingerprint density at radius 1 is 0.409 bits per heavy atom. The van der Waals surface area contributed by atoms with Gasteiger partial charge in [0.1, 0.15) is 17.3 Å². The Hall–Kier alpha value is -5.81. The number of nitrogens with zero attached hydrogens (tertiary/aromatic N) is 4. The lowest BCUT2D eigenvalue weighted by molar-refractivity contribution is 0.444. The van der Waals surface area contributed by atoms with E-state index in [2.05, 4.69) is 253 Å². The fourth-order valence-electron chi connectivity index (χ4n) is 9.72. The lowest BCUT2D eigenvalue weighted by atomic mass is 9.78. The molecule has 1 aliphatic heterocycles. The number of hydrogen-bond donors (Lipinski definition) is 0. The molecule has 0 atom stereocenters. The van der Waals surface area contributed by atoms with Gasteiger partial charge in [0.05, 0.1) is 17.7 Å². The summed E-state index contributed by atoms with van der Waals surface area (Å²) in [5.41, 5.74) is 13.0. The van der Waals surface area contributed by atoms with Crippen LogP contribution >= 0.6 is 0 Å². The molecule has 3 heterocycles. The van der Waals surface area contributed by atoms with Gasteiger partial charge >= 0.3 is 0 Å². The van der Waals surface area contributed by atoms with E-state index >= 15 is 0 Å². The van der Waals surface area contributed by atoms with Crippen LogP contribution < -0.4 is 14.5 Å². The van der Waals surface area contributed by atoms with Crippen LogP contribution in [0.25, 0.3) is 27.6 Å². The molecule has 0 fully saturated rings. The summed E-state index contributed by atoms with van der Waals surface area (Å²) >= 11 is 0. The van der Waals surface area contributed by atoms with Crippen molar-refractivity contribution in [3.63, 3.8) is 0 Å². The van der Waals surface area contributed by atoms with Gasteiger partial charge in [-0.1, -0.05) is 166 Å². The van der Waals surface area contributed by atoms with Crippen LogP contribution in [0.3, 0.4) is 0 Å². The number of anilines is 2. The fraction of sp³-hybridized carbons (Fsp3) is 0.393. The van der Waals surface area contributed by atoms with Gasteiger partial charge in [0, 0.05) is 68.1 Å². The Bertz CT molecular complexity index is 2970. The molecule has 5 nitrogen and oxygen atoms in total. The van der Waals surface area contributed by atoms with Crippen LogP contribution in [-0.2, 0) is 21.7 Å². The Balaban J connectivity index is 1.28. The van der Waals surface area contributed by atoms with Crippen LogP contribution in [0.4, 0.5) is 11.4 Å². The van der Waals surface area contributed by atoms with Crippen LogP contribution in [0.1, 0.15) is 146 Å². The summed E-state index contributed by atoms with van der Waals surface area (Å²) in [6.45, 7) is 40.0. The molecule has 0 N–H and O–H groups in total. The molecule has 8 rings (SSSR count). The van der Waals surface area contributed by atoms with Crippen molar-refractivity contribution < 1.29 is 4.74 Å². The SMILES string of the molecule is CC(C)(C)C1=C(C(C)(C)C)N(c2cc(Oc3ccc4c5cc(C(C)(C)c6ccccc6)ccc5n(-c5cc(C(C)(C)C)ccn5)c4c3)cc(C(C)(C)C)c2)CN1c1cccc(C(C)(C)C)c1. The molecule has 0 saturated heterocycles. The lowest BCUT2D eigenvalue weighted by Gasteiger charge is -2.34. The van der Waals surface area contributed by atoms with Gasteiger partial charge in [0.25, 0.3) is 0 Å². The largest absolute Gasteiger partial charge is 0.457 e. The maximum absolute atomic E-state index is 7.11. The zero-order valence-corrected chi connectivity index (χ0v) is 43.0. The van der Waals surface area contributed by atoms with Gasteiger partial charge in [-0.15, -0.1) is 0 Å². The summed E-state index contributed by atoms with van der Waals surface area (Å²) in [7, 11) is 0. The number of aromatic nitrogens is 2. The zero-order valence-electron chi connectivity index (χ0n) is 43.0. The fourth-order valence-corrected chi connectivity index (χ4v) is 9.72. The van der Waals surface area contributed by atoms with Gasteiger partial charge in [-0.25, -0.2) is 4.98 Å². The molecule has 5 heteroatoms. The quantitative estimate of drug-likeness (QED) is 0.160. The number of allylic oxidation sites excluding steroid dienone is 2. The third-order valence-electron chi connectivity index (χ3n) is 13.6. The minimum absolute atomic E-state index is 0.0355. The highest BCUT2D eigenvalue weighted by Gasteiger charge is 2.42. The molecule has 0 bridgehead atoms. The number of pyridine rings is 1. The summed E-state index contributed by atoms with van der Waals surface area (Å²) in [6.07, 6.45) is 1.95. The normalized spacial score (nSPS) is 14.6. The van der Waals surface area contributed by atoms with Crippen molar-refractivity contribution in [2.24, 2.45) is 10.8 Å². The first-order valence-corrected chi connectivity index (χ1v) is 24.0. The first-order chi connectivity index (χ1) is 30.6. The standard InChI is InChI=1S/C61H74N4O/c1-56(2,3)41-24-21-25-45(32-41)63-39-64(55(60(13,14)15)54(63)59(10,11)12)46-33-44(58(7,8)9)34-48(37-46)66-47-27-28-49-50-35-43(61(16,17)40-22-19-18-20-23-40)26-29-51(50)65(52(49)38-47)53-36-42(30-31-62-53)57(4,5)6/h18-38H,39H2,1-17H3. The molecule has 0 aliphatic carbocycles. The van der Waals surface area contributed by atoms with E-state index in [9.17, 15) is 0 Å². The summed E-state index contributed by atoms with van der Waals surface area (Å²) in [5, 5.41) is 2.36. The number of hydrogen-bond acceptors (Lipinski definition) is 4. The first-order valence-electron chi connectivity index (χ1n) is 24.0. The summed E-state index contributed by atoms with van der Waals surface area (Å²) in [4.78, 5) is 10.1. The van der Waals surface area contributed by atoms with Crippen LogP contribution in [0.15, 0.2) is 139 Å². The minimum Gasteiger partial charge on any atom is -0.457 e. The van der Waals surface area contributed by atoms with E-state index in [0.29, 0.717) is 6.67 Å². The van der Waals surface area contributed by atoms with E-state index in [-0.39, 0.29) is 32.5 Å². The topological polar surface area (TPSA) is 33.5 Å². The summed E-state index contributed by atoms with van der Waals surface area (Å²) in [6, 6.07) is 44.8. The highest BCUT2D eigenvalue weighted by Crippen LogP contribution is 2.49. The third kappa shape index (κ3) is 8.91. The number of benzene rings is 5. The Morgan fingerprint density at radius 3 is 1.62 bits per heavy atom. The van der Waals surface area contributed by atoms with E-state index < -0.39 is 0 Å². The van der Waals surface area contributed by atoms with Crippen LogP contribution in [-0.4, -0.2) is 16.2 Å². The van der Waals surface area contributed by atoms with Crippen LogP contribution in [0.5, 0.6) is 11.5 Å². The molecular formula is C61H74N4O. The second-order valence-electron chi connectivity index (χ2n) is 24.5. The van der Waals surface area contributed by atoms with Crippen LogP contribution in [0, 0.1) is 10.8 Å². The molecule has 344 valence electrons. The van der Waals surface area contributed by atoms with E-state index in [4.69, 9.17) is 9.72 Å². The second-order valence-corrected chi connectivity index (χ2v) is 24.5. The van der Waals surface area contributed by atoms with Crippen molar-refractivity contribution >= 4 is 33.2 Å². The predicted molar refractivity (Wildman–Crippen MR) is 282 cm³/mol. The van der Waals surface area contributed by atoms with E-state index in [0.717, 1.165) is 39.4 Å². The lowest BCUT2D eigenvalue weighted by Crippen LogP contribution is -2.31. The monoisotopic (exact) mass is 879 g/mol. The van der Waals surface area contributed by atoms with Crippen LogP contribution in [0.2, 0.25) is 0 Å². The molecule has 0 unspecified atom stereocenters. The van der Waals surface area contributed by atoms with E-state index in [1.165, 1.54) is 50.3 Å². The number of rotatable bonds is 7. The van der Waals surface area contributed by atoms with Gasteiger partial charge in [0.15, 0.2) is 0 Å². The summed E-state index contributed by atoms with van der Waals surface area (Å²) in [5.74, 6) is 2.50. The van der Waals surface area contributed by atoms with Gasteiger partial charge in [-0.2, -0.15) is 0 Å². The van der Waals surface area contributed by atoms with Crippen molar-refractivity contribution in [3.05, 3.63) is 167 Å². The number of fused-ring (bicyclic) bond motifs is 3. The molecule has 0 spiro atoms. The third-order valence-corrected chi connectivity index (χ3v) is 13.6. The molecule has 0 amide bonds. The molecule has 5 aromatic carbocycles. The Kier molecular flexibility index (Phi) is 11.5. The predicted octanol–water partition coefficient (Wildman–Crippen LogP) is 16.8. The van der Waals surface area contributed by atoms with Crippen molar-refractivity contribution in [3.8, 4) is 17.3 Å². The van der Waals surface area contributed by atoms with Gasteiger partial charge in [0.2, 0.25) is 0 Å².